The fourth-order valence-corrected chi connectivity index (χ4v) is 1.48. The molecule has 0 unspecified atom stereocenters. The third kappa shape index (κ3) is 1.44. The normalized spacial score (nSPS) is 26.8. The second-order valence-electron chi connectivity index (χ2n) is 2.34. The lowest BCUT2D eigenvalue weighted by Crippen LogP contribution is -2.30. The first-order chi connectivity index (χ1) is 4.75. The largest absolute Gasteiger partial charge is 0.468 e. The highest BCUT2D eigenvalue weighted by Gasteiger charge is 2.28. The Bertz CT molecular complexity index is 140. The van der Waals surface area contributed by atoms with E-state index >= 15 is 0 Å². The lowest BCUT2D eigenvalue weighted by molar-refractivity contribution is -0.144. The Hall–Kier alpha value is -0.220. The Balaban J connectivity index is 2.46. The van der Waals surface area contributed by atoms with Crippen molar-refractivity contribution in [2.24, 2.45) is 0 Å². The van der Waals surface area contributed by atoms with Gasteiger partial charge in [0.1, 0.15) is 6.04 Å². The zero-order valence-electron chi connectivity index (χ0n) is 5.91. The van der Waals surface area contributed by atoms with E-state index in [1.807, 2.05) is 0 Å². The molecule has 1 atom stereocenters. The Labute approximate surface area is 65.9 Å². The molecule has 1 aliphatic heterocycles. The lowest BCUT2D eigenvalue weighted by Gasteiger charge is -2.14. The number of hydrogen-bond acceptors (Lipinski definition) is 4. The highest BCUT2D eigenvalue weighted by Crippen LogP contribution is 2.19. The summed E-state index contributed by atoms with van der Waals surface area (Å²) < 4.78 is 6.30. The van der Waals surface area contributed by atoms with Crippen LogP contribution >= 0.6 is 12.8 Å². The molecule has 0 bridgehead atoms. The van der Waals surface area contributed by atoms with Crippen LogP contribution in [0.3, 0.4) is 0 Å². The fraction of sp³-hybridized carbons (Fsp3) is 0.833. The molecule has 0 spiro atoms. The summed E-state index contributed by atoms with van der Waals surface area (Å²) in [7, 11) is 1.41. The molecule has 1 aliphatic rings. The molecule has 0 saturated carbocycles. The molecule has 0 radical (unpaired) electrons. The van der Waals surface area contributed by atoms with Gasteiger partial charge in [0.25, 0.3) is 0 Å². The number of carbonyl (C=O) groups excluding carboxylic acids is 1. The average Bonchev–Trinajstić information content (AvgIpc) is 2.34. The molecule has 1 rings (SSSR count). The van der Waals surface area contributed by atoms with Crippen LogP contribution in [0.4, 0.5) is 0 Å². The van der Waals surface area contributed by atoms with Gasteiger partial charge in [0, 0.05) is 6.54 Å². The van der Waals surface area contributed by atoms with Crippen LogP contribution < -0.4 is 0 Å². The van der Waals surface area contributed by atoms with Gasteiger partial charge in [-0.3, -0.25) is 4.79 Å². The highest BCUT2D eigenvalue weighted by atomic mass is 32.1. The summed E-state index contributed by atoms with van der Waals surface area (Å²) >= 11 is 4.11. The third-order valence-corrected chi connectivity index (χ3v) is 2.18. The number of carbonyl (C=O) groups is 1. The molecule has 0 aromatic carbocycles. The minimum Gasteiger partial charge on any atom is -0.468 e. The van der Waals surface area contributed by atoms with Crippen molar-refractivity contribution in [3.8, 4) is 0 Å². The van der Waals surface area contributed by atoms with Gasteiger partial charge in [0.05, 0.1) is 7.11 Å². The van der Waals surface area contributed by atoms with Crippen LogP contribution in [0.15, 0.2) is 0 Å². The zero-order chi connectivity index (χ0) is 7.56. The van der Waals surface area contributed by atoms with Gasteiger partial charge in [0.2, 0.25) is 0 Å². The molecule has 10 heavy (non-hydrogen) atoms. The molecule has 1 heterocycles. The van der Waals surface area contributed by atoms with Gasteiger partial charge in [0.15, 0.2) is 0 Å². The smallest absolute Gasteiger partial charge is 0.323 e. The summed E-state index contributed by atoms with van der Waals surface area (Å²) in [5.41, 5.74) is 0. The number of nitrogens with zero attached hydrogens (tertiary/aromatic N) is 1. The molecular formula is C6H11NO2S. The topological polar surface area (TPSA) is 29.5 Å². The van der Waals surface area contributed by atoms with Gasteiger partial charge in [-0.1, -0.05) is 12.8 Å². The first kappa shape index (κ1) is 7.88. The number of hydrogen-bond donors (Lipinski definition) is 1. The van der Waals surface area contributed by atoms with Crippen LogP contribution in [0.25, 0.3) is 0 Å². The van der Waals surface area contributed by atoms with Crippen LogP contribution in [-0.2, 0) is 9.53 Å². The molecule has 0 aliphatic carbocycles. The van der Waals surface area contributed by atoms with Crippen molar-refractivity contribution in [1.29, 1.82) is 0 Å². The van der Waals surface area contributed by atoms with E-state index in [1.54, 1.807) is 4.31 Å². The first-order valence-corrected chi connectivity index (χ1v) is 3.69. The first-order valence-electron chi connectivity index (χ1n) is 3.29. The maximum Gasteiger partial charge on any atom is 0.323 e. The standard InChI is InChI=1S/C6H11NO2S/c1-9-6(8)5-3-2-4-7(5)10/h5,10H,2-4H2,1H3/t5-/m0/s1. The van der Waals surface area contributed by atoms with Gasteiger partial charge in [-0.05, 0) is 12.8 Å². The minimum atomic E-state index is -0.174. The van der Waals surface area contributed by atoms with E-state index in [9.17, 15) is 4.79 Å². The summed E-state index contributed by atoms with van der Waals surface area (Å²) in [6.45, 7) is 0.878. The number of rotatable bonds is 1. The highest BCUT2D eigenvalue weighted by molar-refractivity contribution is 7.77. The fourth-order valence-electron chi connectivity index (χ4n) is 1.13. The molecule has 0 aromatic heterocycles. The number of ether oxygens (including phenoxy) is 1. The zero-order valence-corrected chi connectivity index (χ0v) is 6.80. The molecule has 3 nitrogen and oxygen atoms in total. The van der Waals surface area contributed by atoms with E-state index in [4.69, 9.17) is 0 Å². The summed E-state index contributed by atoms with van der Waals surface area (Å²) in [6, 6.07) is -0.117. The van der Waals surface area contributed by atoms with Crippen molar-refractivity contribution >= 4 is 18.8 Å². The van der Waals surface area contributed by atoms with Crippen LogP contribution in [0.5, 0.6) is 0 Å². The number of methoxy groups -OCH3 is 1. The molecule has 4 heteroatoms. The molecule has 0 aromatic rings. The van der Waals surface area contributed by atoms with E-state index in [0.717, 1.165) is 19.4 Å². The Morgan fingerprint density at radius 2 is 2.50 bits per heavy atom. The Morgan fingerprint density at radius 1 is 1.80 bits per heavy atom. The molecule has 0 amide bonds. The molecule has 58 valence electrons. The van der Waals surface area contributed by atoms with Crippen LogP contribution in [0.1, 0.15) is 12.8 Å². The predicted octanol–water partition coefficient (Wildman–Crippen LogP) is 0.469. The molecule has 1 fully saturated rings. The molecular weight excluding hydrogens is 150 g/mol. The van der Waals surface area contributed by atoms with Gasteiger partial charge < -0.3 is 4.74 Å². The molecule has 0 N–H and O–H groups in total. The quantitative estimate of drug-likeness (QED) is 0.448. The van der Waals surface area contributed by atoms with Gasteiger partial charge >= 0.3 is 5.97 Å². The van der Waals surface area contributed by atoms with Crippen LogP contribution in [0.2, 0.25) is 0 Å². The van der Waals surface area contributed by atoms with Gasteiger partial charge in [-0.2, -0.15) is 0 Å². The Morgan fingerprint density at radius 3 is 2.90 bits per heavy atom. The number of thiol groups is 1. The summed E-state index contributed by atoms with van der Waals surface area (Å²) in [5.74, 6) is -0.174. The average molecular weight is 161 g/mol. The van der Waals surface area contributed by atoms with Crippen LogP contribution in [0, 0.1) is 0 Å². The van der Waals surface area contributed by atoms with E-state index < -0.39 is 0 Å². The van der Waals surface area contributed by atoms with E-state index in [0.29, 0.717) is 0 Å². The monoisotopic (exact) mass is 161 g/mol. The summed E-state index contributed by atoms with van der Waals surface area (Å²) in [5, 5.41) is 0. The number of esters is 1. The van der Waals surface area contributed by atoms with E-state index in [1.165, 1.54) is 7.11 Å². The second-order valence-corrected chi connectivity index (χ2v) is 2.86. The maximum absolute atomic E-state index is 10.9. The summed E-state index contributed by atoms with van der Waals surface area (Å²) in [6.07, 6.45) is 1.90. The van der Waals surface area contributed by atoms with Gasteiger partial charge in [-0.15, -0.1) is 0 Å². The van der Waals surface area contributed by atoms with Gasteiger partial charge in [-0.25, -0.2) is 4.31 Å². The van der Waals surface area contributed by atoms with Crippen molar-refractivity contribution in [2.45, 2.75) is 18.9 Å². The molecule has 1 saturated heterocycles. The van der Waals surface area contributed by atoms with Crippen molar-refractivity contribution in [3.05, 3.63) is 0 Å². The SMILES string of the molecule is COC(=O)[C@@H]1CCCN1S. The van der Waals surface area contributed by atoms with Crippen LogP contribution in [-0.4, -0.2) is 30.0 Å². The second kappa shape index (κ2) is 3.25. The summed E-state index contributed by atoms with van der Waals surface area (Å²) in [4.78, 5) is 10.9. The maximum atomic E-state index is 10.9. The van der Waals surface area contributed by atoms with Crippen molar-refractivity contribution in [1.82, 2.24) is 4.31 Å². The van der Waals surface area contributed by atoms with Crippen molar-refractivity contribution < 1.29 is 9.53 Å². The van der Waals surface area contributed by atoms with Crippen molar-refractivity contribution in [3.63, 3.8) is 0 Å². The predicted molar refractivity (Wildman–Crippen MR) is 40.7 cm³/mol. The minimum absolute atomic E-state index is 0.117. The lowest BCUT2D eigenvalue weighted by atomic mass is 10.2. The Kier molecular flexibility index (Phi) is 2.56. The van der Waals surface area contributed by atoms with E-state index in [2.05, 4.69) is 17.6 Å². The van der Waals surface area contributed by atoms with Crippen molar-refractivity contribution in [2.75, 3.05) is 13.7 Å². The third-order valence-electron chi connectivity index (χ3n) is 1.70. The van der Waals surface area contributed by atoms with E-state index in [-0.39, 0.29) is 12.0 Å².